The van der Waals surface area contributed by atoms with E-state index in [9.17, 15) is 0 Å². The van der Waals surface area contributed by atoms with Gasteiger partial charge in [0.1, 0.15) is 0 Å². The molecule has 71 valence electrons. The van der Waals surface area contributed by atoms with Crippen LogP contribution in [0.3, 0.4) is 0 Å². The molecule has 1 radical (unpaired) electrons. The zero-order valence-electron chi connectivity index (χ0n) is 8.25. The van der Waals surface area contributed by atoms with Crippen molar-refractivity contribution in [3.8, 4) is 0 Å². The number of rotatable bonds is 5. The molecule has 0 bridgehead atoms. The van der Waals surface area contributed by atoms with E-state index >= 15 is 0 Å². The van der Waals surface area contributed by atoms with Crippen LogP contribution in [0.2, 0.25) is 0 Å². The Labute approximate surface area is 87.5 Å². The van der Waals surface area contributed by atoms with Gasteiger partial charge < -0.3 is 10.0 Å². The third-order valence-corrected chi connectivity index (χ3v) is 1.81. The monoisotopic (exact) mass is 208 g/mol. The van der Waals surface area contributed by atoms with Gasteiger partial charge in [0.15, 0.2) is 0 Å². The van der Waals surface area contributed by atoms with Crippen molar-refractivity contribution < 1.29 is 23.7 Å². The van der Waals surface area contributed by atoms with Gasteiger partial charge in [-0.1, -0.05) is 20.4 Å². The fourth-order valence-corrected chi connectivity index (χ4v) is 0.892. The molecule has 0 aliphatic carbocycles. The van der Waals surface area contributed by atoms with Crippen LogP contribution < -0.4 is 0 Å². The summed E-state index contributed by atoms with van der Waals surface area (Å²) in [7, 11) is 2.01. The smallest absolute Gasteiger partial charge is 0.0447 e. The third kappa shape index (κ3) is 5.70. The van der Waals surface area contributed by atoms with Gasteiger partial charge in [-0.25, -0.2) is 0 Å². The Bertz CT molecular complexity index is 126. The standard InChI is InChI=1S/C9H19NO.V/c1-8(2)9(3)10(4)6-5-7-11;/h8,11H,3,5-7H2,1-2,4H3;. The molecular formula is C9H19NOV. The van der Waals surface area contributed by atoms with E-state index in [0.29, 0.717) is 5.92 Å². The van der Waals surface area contributed by atoms with Crippen molar-refractivity contribution in [1.82, 2.24) is 4.90 Å². The molecule has 0 aromatic rings. The maximum Gasteiger partial charge on any atom is 0.0447 e. The number of aliphatic hydroxyl groups excluding tert-OH is 1. The third-order valence-electron chi connectivity index (χ3n) is 1.81. The molecule has 1 N–H and O–H groups in total. The van der Waals surface area contributed by atoms with Gasteiger partial charge in [-0.05, 0) is 12.3 Å². The first-order chi connectivity index (χ1) is 5.09. The van der Waals surface area contributed by atoms with E-state index in [1.807, 2.05) is 7.05 Å². The van der Waals surface area contributed by atoms with Crippen LogP contribution in [-0.4, -0.2) is 30.2 Å². The molecule has 0 aliphatic rings. The van der Waals surface area contributed by atoms with Crippen LogP contribution in [0.25, 0.3) is 0 Å². The maximum absolute atomic E-state index is 8.58. The molecule has 2 nitrogen and oxygen atoms in total. The topological polar surface area (TPSA) is 23.5 Å². The summed E-state index contributed by atoms with van der Waals surface area (Å²) in [6.07, 6.45) is 0.822. The summed E-state index contributed by atoms with van der Waals surface area (Å²) in [5.41, 5.74) is 1.14. The van der Waals surface area contributed by atoms with E-state index in [1.54, 1.807) is 0 Å². The molecule has 0 aromatic heterocycles. The van der Waals surface area contributed by atoms with Gasteiger partial charge in [0.2, 0.25) is 0 Å². The minimum atomic E-state index is 0. The van der Waals surface area contributed by atoms with Crippen LogP contribution in [0.1, 0.15) is 20.3 Å². The van der Waals surface area contributed by atoms with Gasteiger partial charge in [-0.15, -0.1) is 0 Å². The van der Waals surface area contributed by atoms with Crippen LogP contribution in [0, 0.1) is 5.92 Å². The van der Waals surface area contributed by atoms with Crippen LogP contribution in [-0.2, 0) is 18.6 Å². The predicted molar refractivity (Wildman–Crippen MR) is 48.3 cm³/mol. The van der Waals surface area contributed by atoms with Crippen molar-refractivity contribution in [3.63, 3.8) is 0 Å². The fraction of sp³-hybridized carbons (Fsp3) is 0.778. The second kappa shape index (κ2) is 7.72. The van der Waals surface area contributed by atoms with Gasteiger partial charge in [0.05, 0.1) is 0 Å². The fourth-order valence-electron chi connectivity index (χ4n) is 0.892. The maximum atomic E-state index is 8.58. The van der Waals surface area contributed by atoms with Gasteiger partial charge in [-0.3, -0.25) is 0 Å². The van der Waals surface area contributed by atoms with E-state index in [2.05, 4.69) is 25.3 Å². The first-order valence-electron chi connectivity index (χ1n) is 4.10. The summed E-state index contributed by atoms with van der Waals surface area (Å²) in [6, 6.07) is 0. The van der Waals surface area contributed by atoms with Crippen LogP contribution in [0.5, 0.6) is 0 Å². The molecule has 0 heterocycles. The minimum Gasteiger partial charge on any atom is -0.396 e. The Kier molecular flexibility index (Phi) is 9.39. The van der Waals surface area contributed by atoms with E-state index < -0.39 is 0 Å². The summed E-state index contributed by atoms with van der Waals surface area (Å²) < 4.78 is 0. The summed E-state index contributed by atoms with van der Waals surface area (Å²) in [5.74, 6) is 0.499. The second-order valence-corrected chi connectivity index (χ2v) is 3.14. The molecule has 0 saturated heterocycles. The molecule has 0 spiro atoms. The minimum absolute atomic E-state index is 0. The first kappa shape index (κ1) is 14.6. The van der Waals surface area contributed by atoms with Crippen LogP contribution >= 0.6 is 0 Å². The van der Waals surface area contributed by atoms with Gasteiger partial charge >= 0.3 is 0 Å². The van der Waals surface area contributed by atoms with Crippen molar-refractivity contribution in [2.75, 3.05) is 20.2 Å². The van der Waals surface area contributed by atoms with Crippen molar-refractivity contribution in [2.45, 2.75) is 20.3 Å². The molecule has 12 heavy (non-hydrogen) atoms. The van der Waals surface area contributed by atoms with Gasteiger partial charge in [0.25, 0.3) is 0 Å². The number of hydrogen-bond acceptors (Lipinski definition) is 2. The van der Waals surface area contributed by atoms with Crippen molar-refractivity contribution in [1.29, 1.82) is 0 Å². The summed E-state index contributed by atoms with van der Waals surface area (Å²) >= 11 is 0. The normalized spacial score (nSPS) is 9.42. The molecular weight excluding hydrogens is 189 g/mol. The zero-order valence-corrected chi connectivity index (χ0v) is 9.64. The molecule has 0 saturated carbocycles. The number of hydrogen-bond donors (Lipinski definition) is 1. The van der Waals surface area contributed by atoms with Crippen molar-refractivity contribution in [3.05, 3.63) is 12.3 Å². The average molecular weight is 208 g/mol. The van der Waals surface area contributed by atoms with E-state index in [4.69, 9.17) is 5.11 Å². The quantitative estimate of drug-likeness (QED) is 0.739. The molecule has 3 heteroatoms. The molecule has 0 fully saturated rings. The Morgan fingerprint density at radius 3 is 2.33 bits per heavy atom. The number of nitrogens with zero attached hydrogens (tertiary/aromatic N) is 1. The SMILES string of the molecule is C=C(C(C)C)N(C)CCCO.[V]. The molecule has 0 aromatic carbocycles. The summed E-state index contributed by atoms with van der Waals surface area (Å²) in [4.78, 5) is 2.10. The predicted octanol–water partition coefficient (Wildman–Crippen LogP) is 1.47. The van der Waals surface area contributed by atoms with Crippen LogP contribution in [0.15, 0.2) is 12.3 Å². The summed E-state index contributed by atoms with van der Waals surface area (Å²) in [5, 5.41) is 8.58. The molecule has 0 rings (SSSR count). The Morgan fingerprint density at radius 1 is 1.50 bits per heavy atom. The number of allylic oxidation sites excluding steroid dienone is 1. The Morgan fingerprint density at radius 2 is 2.00 bits per heavy atom. The zero-order chi connectivity index (χ0) is 8.85. The molecule has 0 atom stereocenters. The van der Waals surface area contributed by atoms with E-state index in [0.717, 1.165) is 18.7 Å². The second-order valence-electron chi connectivity index (χ2n) is 3.14. The van der Waals surface area contributed by atoms with Crippen molar-refractivity contribution >= 4 is 0 Å². The van der Waals surface area contributed by atoms with E-state index in [-0.39, 0.29) is 25.2 Å². The largest absolute Gasteiger partial charge is 0.396 e. The van der Waals surface area contributed by atoms with Gasteiger partial charge in [-0.2, -0.15) is 0 Å². The Hall–Kier alpha value is 0.0844. The Balaban J connectivity index is 0. The first-order valence-corrected chi connectivity index (χ1v) is 4.10. The average Bonchev–Trinajstić information content (AvgIpc) is 1.98. The number of aliphatic hydroxyl groups is 1. The molecule has 0 amide bonds. The van der Waals surface area contributed by atoms with Crippen LogP contribution in [0.4, 0.5) is 0 Å². The van der Waals surface area contributed by atoms with Gasteiger partial charge in [0, 0.05) is 44.5 Å². The van der Waals surface area contributed by atoms with E-state index in [1.165, 1.54) is 0 Å². The van der Waals surface area contributed by atoms with Crippen molar-refractivity contribution in [2.24, 2.45) is 5.92 Å². The molecule has 0 unspecified atom stereocenters. The summed E-state index contributed by atoms with van der Waals surface area (Å²) in [6.45, 7) is 9.35. The molecule has 0 aliphatic heterocycles.